The summed E-state index contributed by atoms with van der Waals surface area (Å²) >= 11 is 6.08. The summed E-state index contributed by atoms with van der Waals surface area (Å²) in [5, 5.41) is 8.50. The van der Waals surface area contributed by atoms with Crippen molar-refractivity contribution in [2.45, 2.75) is 19.5 Å². The highest BCUT2D eigenvalue weighted by molar-refractivity contribution is 6.30. The molecule has 0 saturated heterocycles. The minimum absolute atomic E-state index is 0.0622. The molecule has 2 heterocycles. The zero-order valence-electron chi connectivity index (χ0n) is 19.0. The first kappa shape index (κ1) is 22.6. The van der Waals surface area contributed by atoms with Crippen molar-refractivity contribution < 1.29 is 4.79 Å². The Kier molecular flexibility index (Phi) is 6.73. The predicted octanol–water partition coefficient (Wildman–Crippen LogP) is 5.30. The highest BCUT2D eigenvalue weighted by Gasteiger charge is 2.15. The van der Waals surface area contributed by atoms with Gasteiger partial charge in [-0.15, -0.1) is 0 Å². The molecule has 0 atom stereocenters. The monoisotopic (exact) mass is 481 g/mol. The molecule has 5 aromatic rings. The van der Waals surface area contributed by atoms with Crippen LogP contribution in [-0.2, 0) is 24.3 Å². The number of amides is 1. The number of halogens is 1. The molecule has 1 amide bonds. The second kappa shape index (κ2) is 10.4. The molecular formula is C28H24ClN5O. The van der Waals surface area contributed by atoms with Gasteiger partial charge in [-0.3, -0.25) is 4.79 Å². The molecule has 6 nitrogen and oxygen atoms in total. The van der Waals surface area contributed by atoms with E-state index >= 15 is 0 Å². The van der Waals surface area contributed by atoms with Gasteiger partial charge in [-0.25, -0.2) is 9.67 Å². The number of rotatable bonds is 8. The summed E-state index contributed by atoms with van der Waals surface area (Å²) in [5.41, 5.74) is 5.67. The number of carbonyl (C=O) groups is 1. The number of para-hydroxylation sites is 1. The maximum atomic E-state index is 12.9. The van der Waals surface area contributed by atoms with E-state index in [0.717, 1.165) is 40.2 Å². The molecule has 0 fully saturated rings. The van der Waals surface area contributed by atoms with E-state index in [9.17, 15) is 4.79 Å². The third-order valence-corrected chi connectivity index (χ3v) is 5.94. The van der Waals surface area contributed by atoms with Crippen molar-refractivity contribution in [2.75, 3.05) is 0 Å². The lowest BCUT2D eigenvalue weighted by Gasteiger charge is -2.08. The molecule has 0 unspecified atom stereocenters. The average molecular weight is 482 g/mol. The van der Waals surface area contributed by atoms with Crippen molar-refractivity contribution in [3.05, 3.63) is 125 Å². The maximum absolute atomic E-state index is 12.9. The number of carbonyl (C=O) groups excluding carboxylic acids is 1. The first-order chi connectivity index (χ1) is 17.1. The van der Waals surface area contributed by atoms with Crippen LogP contribution in [-0.4, -0.2) is 25.2 Å². The van der Waals surface area contributed by atoms with Gasteiger partial charge in [-0.1, -0.05) is 66.2 Å². The summed E-state index contributed by atoms with van der Waals surface area (Å²) in [6.07, 6.45) is 7.64. The zero-order valence-corrected chi connectivity index (χ0v) is 19.8. The lowest BCUT2D eigenvalue weighted by Crippen LogP contribution is -2.24. The summed E-state index contributed by atoms with van der Waals surface area (Å²) in [4.78, 5) is 17.0. The molecule has 0 aliphatic heterocycles. The van der Waals surface area contributed by atoms with Crippen LogP contribution in [0.25, 0.3) is 16.9 Å². The van der Waals surface area contributed by atoms with Crippen molar-refractivity contribution in [1.29, 1.82) is 0 Å². The largest absolute Gasteiger partial charge is 0.352 e. The number of benzene rings is 3. The van der Waals surface area contributed by atoms with Crippen molar-refractivity contribution in [3.63, 3.8) is 0 Å². The molecule has 5 rings (SSSR count). The minimum Gasteiger partial charge on any atom is -0.352 e. The molecule has 0 aliphatic carbocycles. The van der Waals surface area contributed by atoms with Crippen molar-refractivity contribution in [3.8, 4) is 16.9 Å². The van der Waals surface area contributed by atoms with E-state index in [1.54, 1.807) is 12.5 Å². The third kappa shape index (κ3) is 5.67. The van der Waals surface area contributed by atoms with Gasteiger partial charge < -0.3 is 9.88 Å². The zero-order chi connectivity index (χ0) is 24.0. The molecule has 3 aromatic carbocycles. The van der Waals surface area contributed by atoms with Crippen LogP contribution < -0.4 is 5.32 Å². The van der Waals surface area contributed by atoms with E-state index < -0.39 is 0 Å². The number of nitrogens with one attached hydrogen (secondary N) is 1. The second-order valence-corrected chi connectivity index (χ2v) is 8.73. The lowest BCUT2D eigenvalue weighted by atomic mass is 10.1. The molecule has 0 aliphatic rings. The van der Waals surface area contributed by atoms with E-state index in [1.807, 2.05) is 88.4 Å². The topological polar surface area (TPSA) is 64.7 Å². The molecule has 2 aromatic heterocycles. The van der Waals surface area contributed by atoms with E-state index in [2.05, 4.69) is 22.4 Å². The van der Waals surface area contributed by atoms with Gasteiger partial charge in [0.25, 0.3) is 0 Å². The summed E-state index contributed by atoms with van der Waals surface area (Å²) in [6.45, 7) is 1.20. The highest BCUT2D eigenvalue weighted by atomic mass is 35.5. The minimum atomic E-state index is -0.0622. The Morgan fingerprint density at radius 3 is 2.51 bits per heavy atom. The molecule has 35 heavy (non-hydrogen) atoms. The highest BCUT2D eigenvalue weighted by Crippen LogP contribution is 2.25. The molecule has 0 spiro atoms. The summed E-state index contributed by atoms with van der Waals surface area (Å²) < 4.78 is 3.83. The molecule has 0 saturated carbocycles. The van der Waals surface area contributed by atoms with E-state index in [1.165, 1.54) is 0 Å². The van der Waals surface area contributed by atoms with E-state index in [-0.39, 0.29) is 12.3 Å². The van der Waals surface area contributed by atoms with Crippen molar-refractivity contribution in [1.82, 2.24) is 24.6 Å². The molecule has 174 valence electrons. The summed E-state index contributed by atoms with van der Waals surface area (Å²) in [7, 11) is 0. The first-order valence-electron chi connectivity index (χ1n) is 11.3. The van der Waals surface area contributed by atoms with Gasteiger partial charge in [0.2, 0.25) is 5.91 Å². The van der Waals surface area contributed by atoms with E-state index in [0.29, 0.717) is 11.6 Å². The van der Waals surface area contributed by atoms with Crippen molar-refractivity contribution in [2.24, 2.45) is 0 Å². The van der Waals surface area contributed by atoms with Crippen LogP contribution in [0.15, 0.2) is 104 Å². The fourth-order valence-electron chi connectivity index (χ4n) is 3.97. The Labute approximate surface area is 208 Å². The van der Waals surface area contributed by atoms with Gasteiger partial charge in [0.15, 0.2) is 0 Å². The fraction of sp³-hybridized carbons (Fsp3) is 0.107. The second-order valence-electron chi connectivity index (χ2n) is 8.30. The van der Waals surface area contributed by atoms with Gasteiger partial charge in [-0.05, 0) is 35.4 Å². The Balaban J connectivity index is 1.31. The Morgan fingerprint density at radius 2 is 1.74 bits per heavy atom. The van der Waals surface area contributed by atoms with Crippen LogP contribution in [0, 0.1) is 0 Å². The number of hydrogen-bond acceptors (Lipinski definition) is 3. The number of nitrogens with zero attached hydrogens (tertiary/aromatic N) is 4. The van der Waals surface area contributed by atoms with Crippen LogP contribution >= 0.6 is 11.6 Å². The molecule has 0 bridgehead atoms. The van der Waals surface area contributed by atoms with Crippen LogP contribution in [0.1, 0.15) is 16.7 Å². The van der Waals surface area contributed by atoms with Gasteiger partial charge in [0.05, 0.1) is 24.1 Å². The first-order valence-corrected chi connectivity index (χ1v) is 11.7. The molecule has 0 radical (unpaired) electrons. The van der Waals surface area contributed by atoms with Gasteiger partial charge in [0, 0.05) is 47.8 Å². The quantitative estimate of drug-likeness (QED) is 0.327. The predicted molar refractivity (Wildman–Crippen MR) is 137 cm³/mol. The van der Waals surface area contributed by atoms with Crippen LogP contribution in [0.4, 0.5) is 0 Å². The Hall–Kier alpha value is -4.16. The number of imidazole rings is 1. The average Bonchev–Trinajstić information content (AvgIpc) is 3.54. The summed E-state index contributed by atoms with van der Waals surface area (Å²) in [5.74, 6) is -0.0622. The van der Waals surface area contributed by atoms with E-state index in [4.69, 9.17) is 16.7 Å². The Bertz CT molecular complexity index is 1410. The van der Waals surface area contributed by atoms with Crippen LogP contribution in [0.3, 0.4) is 0 Å². The normalized spacial score (nSPS) is 10.9. The Morgan fingerprint density at radius 1 is 0.943 bits per heavy atom. The standard InChI is InChI=1S/C28H24ClN5O/c29-25-11-9-23(10-12-25)28-24(19-34(32-28)26-7-2-1-3-8-26)16-27(35)31-17-21-5-4-6-22(15-21)18-33-14-13-30-20-33/h1-15,19-20H,16-18H2,(H,31,35). The third-order valence-electron chi connectivity index (χ3n) is 5.68. The lowest BCUT2D eigenvalue weighted by molar-refractivity contribution is -0.120. The maximum Gasteiger partial charge on any atom is 0.224 e. The van der Waals surface area contributed by atoms with Gasteiger partial charge in [-0.2, -0.15) is 5.10 Å². The molecule has 1 N–H and O–H groups in total. The molecule has 7 heteroatoms. The van der Waals surface area contributed by atoms with Gasteiger partial charge >= 0.3 is 0 Å². The fourth-order valence-corrected chi connectivity index (χ4v) is 4.09. The smallest absolute Gasteiger partial charge is 0.224 e. The van der Waals surface area contributed by atoms with Crippen molar-refractivity contribution >= 4 is 17.5 Å². The number of aromatic nitrogens is 4. The SMILES string of the molecule is O=C(Cc1cn(-c2ccccc2)nc1-c1ccc(Cl)cc1)NCc1cccc(Cn2ccnc2)c1. The summed E-state index contributed by atoms with van der Waals surface area (Å²) in [6, 6.07) is 25.6. The van der Waals surface area contributed by atoms with Crippen LogP contribution in [0.5, 0.6) is 0 Å². The number of hydrogen-bond donors (Lipinski definition) is 1. The molecular weight excluding hydrogens is 458 g/mol. The van der Waals surface area contributed by atoms with Gasteiger partial charge in [0.1, 0.15) is 0 Å². The van der Waals surface area contributed by atoms with Crippen LogP contribution in [0.2, 0.25) is 5.02 Å².